The number of amides is 1. The molecule has 23 heavy (non-hydrogen) atoms. The zero-order valence-electron chi connectivity index (χ0n) is 14.0. The second-order valence-corrected chi connectivity index (χ2v) is 6.89. The second kappa shape index (κ2) is 6.11. The summed E-state index contributed by atoms with van der Waals surface area (Å²) in [7, 11) is 0. The standard InChI is InChI=1S/C19H24N2O2/c1-12-8-13(2)11-21(10-12)19(22)18-7-6-17(23-18)15-5-4-14(3)16(20)9-15/h4-7,9,12-13H,8,10-11,20H2,1-3H3. The average molecular weight is 312 g/mol. The minimum absolute atomic E-state index is 0.0188. The van der Waals surface area contributed by atoms with Crippen molar-refractivity contribution in [1.29, 1.82) is 0 Å². The molecule has 0 bridgehead atoms. The lowest BCUT2D eigenvalue weighted by molar-refractivity contribution is 0.0592. The molecule has 122 valence electrons. The first kappa shape index (κ1) is 15.7. The molecule has 1 aliphatic heterocycles. The fraction of sp³-hybridized carbons (Fsp3) is 0.421. The van der Waals surface area contributed by atoms with Gasteiger partial charge in [-0.15, -0.1) is 0 Å². The molecule has 2 unspecified atom stereocenters. The van der Waals surface area contributed by atoms with Crippen molar-refractivity contribution in [2.45, 2.75) is 27.2 Å². The highest BCUT2D eigenvalue weighted by molar-refractivity contribution is 5.92. The number of anilines is 1. The number of nitrogens with zero attached hydrogens (tertiary/aromatic N) is 1. The molecule has 3 rings (SSSR count). The predicted molar refractivity (Wildman–Crippen MR) is 92.1 cm³/mol. The van der Waals surface area contributed by atoms with Gasteiger partial charge in [0.2, 0.25) is 0 Å². The molecule has 0 radical (unpaired) electrons. The monoisotopic (exact) mass is 312 g/mol. The van der Waals surface area contributed by atoms with Gasteiger partial charge < -0.3 is 15.1 Å². The van der Waals surface area contributed by atoms with Crippen LogP contribution in [0.15, 0.2) is 34.7 Å². The van der Waals surface area contributed by atoms with Gasteiger partial charge in [0.05, 0.1) is 0 Å². The lowest BCUT2D eigenvalue weighted by Gasteiger charge is -2.34. The van der Waals surface area contributed by atoms with Crippen LogP contribution in [0.1, 0.15) is 36.4 Å². The first-order valence-electron chi connectivity index (χ1n) is 8.19. The molecule has 0 aliphatic carbocycles. The third-order valence-electron chi connectivity index (χ3n) is 4.54. The summed E-state index contributed by atoms with van der Waals surface area (Å²) in [6.07, 6.45) is 1.18. The highest BCUT2D eigenvalue weighted by Gasteiger charge is 2.27. The van der Waals surface area contributed by atoms with E-state index < -0.39 is 0 Å². The van der Waals surface area contributed by atoms with E-state index in [4.69, 9.17) is 10.2 Å². The third-order valence-corrected chi connectivity index (χ3v) is 4.54. The topological polar surface area (TPSA) is 59.5 Å². The lowest BCUT2D eigenvalue weighted by atomic mass is 9.92. The van der Waals surface area contributed by atoms with Gasteiger partial charge in [-0.25, -0.2) is 0 Å². The van der Waals surface area contributed by atoms with E-state index >= 15 is 0 Å². The number of furan rings is 1. The van der Waals surface area contributed by atoms with E-state index in [2.05, 4.69) is 13.8 Å². The number of hydrogen-bond donors (Lipinski definition) is 1. The summed E-state index contributed by atoms with van der Waals surface area (Å²) in [4.78, 5) is 14.6. The molecule has 1 aromatic carbocycles. The van der Waals surface area contributed by atoms with Gasteiger partial charge >= 0.3 is 0 Å². The summed E-state index contributed by atoms with van der Waals surface area (Å²) < 4.78 is 5.80. The van der Waals surface area contributed by atoms with Crippen molar-refractivity contribution in [2.75, 3.05) is 18.8 Å². The molecule has 1 saturated heterocycles. The van der Waals surface area contributed by atoms with Crippen molar-refractivity contribution in [3.8, 4) is 11.3 Å². The minimum atomic E-state index is -0.0188. The molecular weight excluding hydrogens is 288 g/mol. The van der Waals surface area contributed by atoms with E-state index in [0.29, 0.717) is 23.4 Å². The fourth-order valence-electron chi connectivity index (χ4n) is 3.39. The molecule has 2 aromatic rings. The van der Waals surface area contributed by atoms with Gasteiger partial charge in [-0.3, -0.25) is 4.79 Å². The van der Waals surface area contributed by atoms with Crippen LogP contribution >= 0.6 is 0 Å². The van der Waals surface area contributed by atoms with Gasteiger partial charge in [0, 0.05) is 24.3 Å². The zero-order chi connectivity index (χ0) is 16.6. The van der Waals surface area contributed by atoms with Crippen molar-refractivity contribution in [3.05, 3.63) is 41.7 Å². The van der Waals surface area contributed by atoms with Gasteiger partial charge in [-0.05, 0) is 48.9 Å². The summed E-state index contributed by atoms with van der Waals surface area (Å²) in [6, 6.07) is 9.41. The SMILES string of the molecule is Cc1ccc(-c2ccc(C(=O)N3CC(C)CC(C)C3)o2)cc1N. The van der Waals surface area contributed by atoms with Crippen molar-refractivity contribution in [3.63, 3.8) is 0 Å². The highest BCUT2D eigenvalue weighted by Crippen LogP contribution is 2.27. The fourth-order valence-corrected chi connectivity index (χ4v) is 3.39. The second-order valence-electron chi connectivity index (χ2n) is 6.89. The molecular formula is C19H24N2O2. The number of benzene rings is 1. The maximum absolute atomic E-state index is 12.7. The van der Waals surface area contributed by atoms with Crippen LogP contribution in [0.2, 0.25) is 0 Å². The minimum Gasteiger partial charge on any atom is -0.451 e. The predicted octanol–water partition coefficient (Wildman–Crippen LogP) is 3.96. The Bertz CT molecular complexity index is 710. The van der Waals surface area contributed by atoms with Crippen LogP contribution in [0.3, 0.4) is 0 Å². The molecule has 4 heteroatoms. The number of carbonyl (C=O) groups excluding carboxylic acids is 1. The molecule has 2 atom stereocenters. The maximum Gasteiger partial charge on any atom is 0.289 e. The molecule has 2 N–H and O–H groups in total. The Labute approximate surface area is 137 Å². The maximum atomic E-state index is 12.7. The van der Waals surface area contributed by atoms with Crippen LogP contribution in [0.5, 0.6) is 0 Å². The van der Waals surface area contributed by atoms with E-state index in [-0.39, 0.29) is 5.91 Å². The van der Waals surface area contributed by atoms with Gasteiger partial charge in [0.25, 0.3) is 5.91 Å². The highest BCUT2D eigenvalue weighted by atomic mass is 16.4. The molecule has 0 spiro atoms. The van der Waals surface area contributed by atoms with E-state index in [1.165, 1.54) is 6.42 Å². The smallest absolute Gasteiger partial charge is 0.289 e. The van der Waals surface area contributed by atoms with Gasteiger partial charge in [0.15, 0.2) is 5.76 Å². The molecule has 1 fully saturated rings. The number of piperidine rings is 1. The first-order valence-corrected chi connectivity index (χ1v) is 8.19. The van der Waals surface area contributed by atoms with Crippen LogP contribution in [-0.2, 0) is 0 Å². The molecule has 2 heterocycles. The van der Waals surface area contributed by atoms with Gasteiger partial charge in [-0.1, -0.05) is 26.0 Å². The summed E-state index contributed by atoms with van der Waals surface area (Å²) in [5.74, 6) is 2.14. The quantitative estimate of drug-likeness (QED) is 0.854. The normalized spacial score (nSPS) is 21.4. The molecule has 1 aliphatic rings. The van der Waals surface area contributed by atoms with Crippen molar-refractivity contribution in [1.82, 2.24) is 4.90 Å². The first-order chi connectivity index (χ1) is 10.9. The molecule has 1 aromatic heterocycles. The van der Waals surface area contributed by atoms with Crippen LogP contribution in [0.25, 0.3) is 11.3 Å². The van der Waals surface area contributed by atoms with Crippen LogP contribution in [0, 0.1) is 18.8 Å². The van der Waals surface area contributed by atoms with Crippen LogP contribution in [0.4, 0.5) is 5.69 Å². The third kappa shape index (κ3) is 3.26. The van der Waals surface area contributed by atoms with Crippen molar-refractivity contribution >= 4 is 11.6 Å². The number of nitrogen functional groups attached to an aromatic ring is 1. The molecule has 4 nitrogen and oxygen atoms in total. The summed E-state index contributed by atoms with van der Waals surface area (Å²) in [5.41, 5.74) is 8.61. The number of hydrogen-bond acceptors (Lipinski definition) is 3. The largest absolute Gasteiger partial charge is 0.451 e. The lowest BCUT2D eigenvalue weighted by Crippen LogP contribution is -2.42. The summed E-state index contributed by atoms with van der Waals surface area (Å²) in [5, 5.41) is 0. The Hall–Kier alpha value is -2.23. The van der Waals surface area contributed by atoms with E-state index in [1.54, 1.807) is 6.07 Å². The number of aryl methyl sites for hydroxylation is 1. The number of likely N-dealkylation sites (tertiary alicyclic amines) is 1. The molecule has 0 saturated carbocycles. The Morgan fingerprint density at radius 2 is 1.87 bits per heavy atom. The summed E-state index contributed by atoms with van der Waals surface area (Å²) >= 11 is 0. The van der Waals surface area contributed by atoms with E-state index in [0.717, 1.165) is 29.9 Å². The van der Waals surface area contributed by atoms with Gasteiger partial charge in [0.1, 0.15) is 5.76 Å². The van der Waals surface area contributed by atoms with E-state index in [9.17, 15) is 4.79 Å². The summed E-state index contributed by atoms with van der Waals surface area (Å²) in [6.45, 7) is 7.96. The Kier molecular flexibility index (Phi) is 4.16. The number of nitrogens with two attached hydrogens (primary N) is 1. The van der Waals surface area contributed by atoms with Crippen molar-refractivity contribution < 1.29 is 9.21 Å². The Balaban J connectivity index is 1.81. The van der Waals surface area contributed by atoms with Crippen LogP contribution < -0.4 is 5.73 Å². The Morgan fingerprint density at radius 1 is 1.17 bits per heavy atom. The number of rotatable bonds is 2. The van der Waals surface area contributed by atoms with E-state index in [1.807, 2.05) is 36.1 Å². The van der Waals surface area contributed by atoms with Crippen molar-refractivity contribution in [2.24, 2.45) is 11.8 Å². The average Bonchev–Trinajstić information content (AvgIpc) is 2.98. The van der Waals surface area contributed by atoms with Gasteiger partial charge in [-0.2, -0.15) is 0 Å². The Morgan fingerprint density at radius 3 is 2.52 bits per heavy atom. The van der Waals surface area contributed by atoms with Crippen LogP contribution in [-0.4, -0.2) is 23.9 Å². The molecule has 1 amide bonds. The number of carbonyl (C=O) groups is 1. The zero-order valence-corrected chi connectivity index (χ0v) is 14.0.